The van der Waals surface area contributed by atoms with Gasteiger partial charge in [-0.2, -0.15) is 0 Å². The Kier molecular flexibility index (Phi) is 5.61. The zero-order chi connectivity index (χ0) is 13.5. The van der Waals surface area contributed by atoms with Gasteiger partial charge in [0.25, 0.3) is 0 Å². The van der Waals surface area contributed by atoms with Gasteiger partial charge in [0.05, 0.1) is 0 Å². The van der Waals surface area contributed by atoms with E-state index >= 15 is 0 Å². The molecule has 4 heteroatoms. The summed E-state index contributed by atoms with van der Waals surface area (Å²) in [7, 11) is 0. The van der Waals surface area contributed by atoms with Crippen molar-refractivity contribution in [3.05, 3.63) is 40.6 Å². The molecule has 0 bridgehead atoms. The first-order valence-electron chi connectivity index (χ1n) is 7.12. The second kappa shape index (κ2) is 7.46. The van der Waals surface area contributed by atoms with E-state index in [1.807, 2.05) is 17.5 Å². The summed E-state index contributed by atoms with van der Waals surface area (Å²) in [5.41, 5.74) is 0. The van der Waals surface area contributed by atoms with Crippen LogP contribution in [0.15, 0.2) is 29.9 Å². The van der Waals surface area contributed by atoms with E-state index in [0.29, 0.717) is 6.04 Å². The van der Waals surface area contributed by atoms with E-state index in [4.69, 9.17) is 0 Å². The van der Waals surface area contributed by atoms with Crippen LogP contribution in [0, 0.1) is 0 Å². The topological polar surface area (TPSA) is 29.9 Å². The van der Waals surface area contributed by atoms with E-state index in [-0.39, 0.29) is 0 Å². The molecule has 0 spiro atoms. The molecular formula is C15H23N3S. The zero-order valence-corrected chi connectivity index (χ0v) is 12.6. The molecule has 0 fully saturated rings. The maximum absolute atomic E-state index is 4.52. The Morgan fingerprint density at radius 3 is 2.95 bits per heavy atom. The van der Waals surface area contributed by atoms with Crippen LogP contribution in [0.2, 0.25) is 0 Å². The van der Waals surface area contributed by atoms with Crippen LogP contribution in [-0.2, 0) is 13.0 Å². The van der Waals surface area contributed by atoms with Crippen molar-refractivity contribution in [1.82, 2.24) is 14.9 Å². The molecule has 0 aliphatic rings. The molecule has 2 rings (SSSR count). The minimum atomic E-state index is 0.387. The SMILES string of the molecule is CCCNC(Cc1nccn1CCC)c1cccs1. The second-order valence-electron chi connectivity index (χ2n) is 4.76. The molecule has 0 saturated carbocycles. The molecule has 2 aromatic rings. The van der Waals surface area contributed by atoms with Crippen molar-refractivity contribution in [2.75, 3.05) is 6.54 Å². The molecular weight excluding hydrogens is 254 g/mol. The van der Waals surface area contributed by atoms with Crippen LogP contribution in [0.4, 0.5) is 0 Å². The predicted molar refractivity (Wildman–Crippen MR) is 81.6 cm³/mol. The highest BCUT2D eigenvalue weighted by Gasteiger charge is 2.15. The molecule has 0 amide bonds. The van der Waals surface area contributed by atoms with Gasteiger partial charge >= 0.3 is 0 Å². The Morgan fingerprint density at radius 1 is 1.37 bits per heavy atom. The minimum absolute atomic E-state index is 0.387. The van der Waals surface area contributed by atoms with Crippen LogP contribution >= 0.6 is 11.3 Å². The second-order valence-corrected chi connectivity index (χ2v) is 5.74. The summed E-state index contributed by atoms with van der Waals surface area (Å²) in [6.07, 6.45) is 7.27. The molecule has 0 aromatic carbocycles. The summed E-state index contributed by atoms with van der Waals surface area (Å²) in [5.74, 6) is 1.18. The van der Waals surface area contributed by atoms with Crippen molar-refractivity contribution in [2.45, 2.75) is 45.7 Å². The zero-order valence-electron chi connectivity index (χ0n) is 11.8. The van der Waals surface area contributed by atoms with Gasteiger partial charge in [0, 0.05) is 36.3 Å². The maximum atomic E-state index is 4.52. The summed E-state index contributed by atoms with van der Waals surface area (Å²) in [6, 6.07) is 4.72. The smallest absolute Gasteiger partial charge is 0.110 e. The molecule has 0 aliphatic carbocycles. The highest BCUT2D eigenvalue weighted by atomic mass is 32.1. The first-order valence-corrected chi connectivity index (χ1v) is 7.99. The van der Waals surface area contributed by atoms with Gasteiger partial charge in [-0.05, 0) is 30.8 Å². The fourth-order valence-electron chi connectivity index (χ4n) is 2.24. The molecule has 1 N–H and O–H groups in total. The lowest BCUT2D eigenvalue weighted by atomic mass is 10.1. The first kappa shape index (κ1) is 14.3. The Labute approximate surface area is 119 Å². The Bertz CT molecular complexity index is 461. The molecule has 104 valence electrons. The third kappa shape index (κ3) is 3.91. The van der Waals surface area contributed by atoms with Gasteiger partial charge in [-0.3, -0.25) is 0 Å². The largest absolute Gasteiger partial charge is 0.335 e. The number of aryl methyl sites for hydroxylation is 1. The van der Waals surface area contributed by atoms with Gasteiger partial charge in [-0.15, -0.1) is 11.3 Å². The minimum Gasteiger partial charge on any atom is -0.335 e. The van der Waals surface area contributed by atoms with E-state index in [1.165, 1.54) is 10.7 Å². The highest BCUT2D eigenvalue weighted by molar-refractivity contribution is 7.10. The molecule has 1 unspecified atom stereocenters. The molecule has 3 nitrogen and oxygen atoms in total. The average Bonchev–Trinajstić information content (AvgIpc) is 3.06. The van der Waals surface area contributed by atoms with Crippen LogP contribution in [0.3, 0.4) is 0 Å². The summed E-state index contributed by atoms with van der Waals surface area (Å²) in [6.45, 7) is 6.52. The number of hydrogen-bond acceptors (Lipinski definition) is 3. The van der Waals surface area contributed by atoms with Crippen LogP contribution < -0.4 is 5.32 Å². The summed E-state index contributed by atoms with van der Waals surface area (Å²) >= 11 is 1.82. The lowest BCUT2D eigenvalue weighted by Crippen LogP contribution is -2.24. The van der Waals surface area contributed by atoms with Crippen molar-refractivity contribution in [3.8, 4) is 0 Å². The van der Waals surface area contributed by atoms with Crippen molar-refractivity contribution < 1.29 is 0 Å². The van der Waals surface area contributed by atoms with E-state index < -0.39 is 0 Å². The number of nitrogens with zero attached hydrogens (tertiary/aromatic N) is 2. The molecule has 0 radical (unpaired) electrons. The lowest BCUT2D eigenvalue weighted by molar-refractivity contribution is 0.508. The van der Waals surface area contributed by atoms with E-state index in [9.17, 15) is 0 Å². The van der Waals surface area contributed by atoms with E-state index in [2.05, 4.69) is 52.4 Å². The molecule has 19 heavy (non-hydrogen) atoms. The lowest BCUT2D eigenvalue weighted by Gasteiger charge is -2.17. The molecule has 2 aromatic heterocycles. The fraction of sp³-hybridized carbons (Fsp3) is 0.533. The normalized spacial score (nSPS) is 12.7. The summed E-state index contributed by atoms with van der Waals surface area (Å²) in [5, 5.41) is 5.78. The number of aromatic nitrogens is 2. The monoisotopic (exact) mass is 277 g/mol. The molecule has 2 heterocycles. The molecule has 1 atom stereocenters. The number of thiophene rings is 1. The fourth-order valence-corrected chi connectivity index (χ4v) is 3.04. The highest BCUT2D eigenvalue weighted by Crippen LogP contribution is 2.22. The standard InChI is InChI=1S/C15H23N3S/c1-3-7-16-13(14-6-5-11-19-14)12-15-17-8-10-18(15)9-4-2/h5-6,8,10-11,13,16H,3-4,7,9,12H2,1-2H3. The number of imidazole rings is 1. The quantitative estimate of drug-likeness (QED) is 0.798. The third-order valence-electron chi connectivity index (χ3n) is 3.18. The van der Waals surface area contributed by atoms with Crippen LogP contribution in [-0.4, -0.2) is 16.1 Å². The van der Waals surface area contributed by atoms with Gasteiger partial charge in [0.15, 0.2) is 0 Å². The summed E-state index contributed by atoms with van der Waals surface area (Å²) < 4.78 is 2.27. The third-order valence-corrected chi connectivity index (χ3v) is 4.17. The Hall–Kier alpha value is -1.13. The van der Waals surface area contributed by atoms with E-state index in [0.717, 1.165) is 32.4 Å². The van der Waals surface area contributed by atoms with Crippen molar-refractivity contribution >= 4 is 11.3 Å². The van der Waals surface area contributed by atoms with Gasteiger partial charge in [0.1, 0.15) is 5.82 Å². The first-order chi connectivity index (χ1) is 9.35. The summed E-state index contributed by atoms with van der Waals surface area (Å²) in [4.78, 5) is 5.92. The Morgan fingerprint density at radius 2 is 2.26 bits per heavy atom. The molecule has 0 aliphatic heterocycles. The number of nitrogens with one attached hydrogen (secondary N) is 1. The van der Waals surface area contributed by atoms with Gasteiger partial charge in [-0.1, -0.05) is 19.9 Å². The van der Waals surface area contributed by atoms with Gasteiger partial charge in [-0.25, -0.2) is 4.98 Å². The number of rotatable bonds is 8. The molecule has 0 saturated heterocycles. The van der Waals surface area contributed by atoms with Crippen molar-refractivity contribution in [3.63, 3.8) is 0 Å². The maximum Gasteiger partial charge on any atom is 0.110 e. The van der Waals surface area contributed by atoms with Crippen LogP contribution in [0.25, 0.3) is 0 Å². The van der Waals surface area contributed by atoms with E-state index in [1.54, 1.807) is 0 Å². The predicted octanol–water partition coefficient (Wildman–Crippen LogP) is 3.64. The number of hydrogen-bond donors (Lipinski definition) is 1. The van der Waals surface area contributed by atoms with Gasteiger partial charge < -0.3 is 9.88 Å². The van der Waals surface area contributed by atoms with Gasteiger partial charge in [0.2, 0.25) is 0 Å². The van der Waals surface area contributed by atoms with Crippen molar-refractivity contribution in [1.29, 1.82) is 0 Å². The van der Waals surface area contributed by atoms with Crippen LogP contribution in [0.1, 0.15) is 43.4 Å². The van der Waals surface area contributed by atoms with Crippen LogP contribution in [0.5, 0.6) is 0 Å². The Balaban J connectivity index is 2.08. The van der Waals surface area contributed by atoms with Crippen molar-refractivity contribution in [2.24, 2.45) is 0 Å². The average molecular weight is 277 g/mol.